The number of anilines is 1. The van der Waals surface area contributed by atoms with Crippen molar-refractivity contribution in [1.82, 2.24) is 4.98 Å². The molecule has 18 heavy (non-hydrogen) atoms. The highest BCUT2D eigenvalue weighted by Crippen LogP contribution is 2.21. The number of rotatable bonds is 5. The number of nitriles is 1. The standard InChI is InChI=1S/C11H13N3O4/c1-7(6-17-2)18-9-3-10(14-11(15)16)13-5-8(9)4-12/h3,5,7H,6H2,1-2H3,(H,13,14)(H,15,16). The normalized spacial score (nSPS) is 11.4. The lowest BCUT2D eigenvalue weighted by Crippen LogP contribution is -2.19. The molecule has 0 radical (unpaired) electrons. The zero-order chi connectivity index (χ0) is 13.5. The minimum absolute atomic E-state index is 0.0983. The molecule has 0 aliphatic carbocycles. The summed E-state index contributed by atoms with van der Waals surface area (Å²) in [6.07, 6.45) is -0.245. The fraction of sp³-hybridized carbons (Fsp3) is 0.364. The lowest BCUT2D eigenvalue weighted by molar-refractivity contribution is 0.0919. The van der Waals surface area contributed by atoms with Crippen LogP contribution >= 0.6 is 0 Å². The molecule has 0 saturated heterocycles. The molecule has 7 heteroatoms. The summed E-state index contributed by atoms with van der Waals surface area (Å²) in [6.45, 7) is 2.13. The SMILES string of the molecule is COCC(C)Oc1cc(NC(=O)O)ncc1C#N. The quantitative estimate of drug-likeness (QED) is 0.820. The summed E-state index contributed by atoms with van der Waals surface area (Å²) in [5, 5.41) is 19.6. The van der Waals surface area contributed by atoms with Gasteiger partial charge >= 0.3 is 6.09 Å². The van der Waals surface area contributed by atoms with Crippen molar-refractivity contribution < 1.29 is 19.4 Å². The van der Waals surface area contributed by atoms with Crippen LogP contribution in [0.1, 0.15) is 12.5 Å². The largest absolute Gasteiger partial charge is 0.487 e. The molecule has 1 amide bonds. The van der Waals surface area contributed by atoms with Crippen LogP contribution in [-0.2, 0) is 4.74 Å². The molecule has 1 aromatic rings. The minimum atomic E-state index is -1.23. The number of hydrogen-bond acceptors (Lipinski definition) is 5. The smallest absolute Gasteiger partial charge is 0.410 e. The first-order valence-corrected chi connectivity index (χ1v) is 5.12. The maximum absolute atomic E-state index is 10.5. The number of pyridine rings is 1. The van der Waals surface area contributed by atoms with Crippen LogP contribution in [0, 0.1) is 11.3 Å². The van der Waals surface area contributed by atoms with Crippen LogP contribution in [0.3, 0.4) is 0 Å². The van der Waals surface area contributed by atoms with Gasteiger partial charge in [0.15, 0.2) is 0 Å². The third-order valence-corrected chi connectivity index (χ3v) is 1.95. The Morgan fingerprint density at radius 2 is 2.44 bits per heavy atom. The van der Waals surface area contributed by atoms with E-state index in [9.17, 15) is 4.79 Å². The van der Waals surface area contributed by atoms with E-state index >= 15 is 0 Å². The lowest BCUT2D eigenvalue weighted by Gasteiger charge is -2.15. The number of amides is 1. The molecule has 0 saturated carbocycles. The summed E-state index contributed by atoms with van der Waals surface area (Å²) in [4.78, 5) is 14.3. The second-order valence-corrected chi connectivity index (χ2v) is 3.49. The fourth-order valence-electron chi connectivity index (χ4n) is 1.28. The van der Waals surface area contributed by atoms with Gasteiger partial charge in [0, 0.05) is 13.2 Å². The van der Waals surface area contributed by atoms with Gasteiger partial charge in [-0.3, -0.25) is 5.32 Å². The van der Waals surface area contributed by atoms with Crippen molar-refractivity contribution in [2.24, 2.45) is 0 Å². The predicted molar refractivity (Wildman–Crippen MR) is 62.6 cm³/mol. The van der Waals surface area contributed by atoms with E-state index in [1.165, 1.54) is 19.4 Å². The molecule has 1 rings (SSSR count). The van der Waals surface area contributed by atoms with Gasteiger partial charge in [-0.05, 0) is 6.92 Å². The van der Waals surface area contributed by atoms with Crippen LogP contribution < -0.4 is 10.1 Å². The molecule has 1 heterocycles. The molecule has 0 fully saturated rings. The highest BCUT2D eigenvalue weighted by molar-refractivity contribution is 5.81. The van der Waals surface area contributed by atoms with Crippen LogP contribution in [0.15, 0.2) is 12.3 Å². The second-order valence-electron chi connectivity index (χ2n) is 3.49. The van der Waals surface area contributed by atoms with Crippen molar-refractivity contribution in [3.8, 4) is 11.8 Å². The zero-order valence-corrected chi connectivity index (χ0v) is 10.0. The third kappa shape index (κ3) is 3.92. The number of carboxylic acid groups (broad SMARTS) is 1. The van der Waals surface area contributed by atoms with E-state index in [2.05, 4.69) is 10.3 Å². The molecule has 0 aliphatic rings. The Morgan fingerprint density at radius 3 is 3.00 bits per heavy atom. The number of methoxy groups -OCH3 is 1. The van der Waals surface area contributed by atoms with Crippen molar-refractivity contribution in [3.63, 3.8) is 0 Å². The van der Waals surface area contributed by atoms with E-state index in [1.807, 2.05) is 6.07 Å². The second kappa shape index (κ2) is 6.42. The van der Waals surface area contributed by atoms with Crippen molar-refractivity contribution in [2.45, 2.75) is 13.0 Å². The third-order valence-electron chi connectivity index (χ3n) is 1.95. The van der Waals surface area contributed by atoms with Crippen molar-refractivity contribution in [3.05, 3.63) is 17.8 Å². The van der Waals surface area contributed by atoms with Crippen LogP contribution in [0.2, 0.25) is 0 Å². The van der Waals surface area contributed by atoms with E-state index < -0.39 is 6.09 Å². The Morgan fingerprint density at radius 1 is 1.72 bits per heavy atom. The van der Waals surface area contributed by atoms with Crippen LogP contribution in [0.4, 0.5) is 10.6 Å². The number of aromatic nitrogens is 1. The van der Waals surface area contributed by atoms with Gasteiger partial charge in [0.05, 0.1) is 12.8 Å². The zero-order valence-electron chi connectivity index (χ0n) is 10.0. The van der Waals surface area contributed by atoms with E-state index in [0.717, 1.165) is 0 Å². The number of nitrogens with zero attached hydrogens (tertiary/aromatic N) is 2. The topological polar surface area (TPSA) is 104 Å². The average molecular weight is 251 g/mol. The first kappa shape index (κ1) is 13.7. The van der Waals surface area contributed by atoms with E-state index in [-0.39, 0.29) is 23.2 Å². The molecular weight excluding hydrogens is 238 g/mol. The minimum Gasteiger partial charge on any atom is -0.487 e. The van der Waals surface area contributed by atoms with Gasteiger partial charge in [0.2, 0.25) is 0 Å². The van der Waals surface area contributed by atoms with Gasteiger partial charge in [0.25, 0.3) is 0 Å². The highest BCUT2D eigenvalue weighted by atomic mass is 16.5. The number of nitrogens with one attached hydrogen (secondary N) is 1. The van der Waals surface area contributed by atoms with Gasteiger partial charge in [-0.25, -0.2) is 9.78 Å². The molecule has 0 aliphatic heterocycles. The van der Waals surface area contributed by atoms with E-state index in [4.69, 9.17) is 19.8 Å². The summed E-state index contributed by atoms with van der Waals surface area (Å²) in [5.41, 5.74) is 0.230. The maximum Gasteiger partial charge on any atom is 0.410 e. The molecule has 0 spiro atoms. The van der Waals surface area contributed by atoms with Gasteiger partial charge in [-0.15, -0.1) is 0 Å². The highest BCUT2D eigenvalue weighted by Gasteiger charge is 2.11. The Balaban J connectivity index is 2.92. The average Bonchev–Trinajstić information content (AvgIpc) is 2.28. The summed E-state index contributed by atoms with van der Waals surface area (Å²) < 4.78 is 10.4. The van der Waals surface area contributed by atoms with E-state index in [1.54, 1.807) is 6.92 Å². The lowest BCUT2D eigenvalue weighted by atomic mass is 10.2. The first-order valence-electron chi connectivity index (χ1n) is 5.12. The Hall–Kier alpha value is -2.33. The van der Waals surface area contributed by atoms with Crippen molar-refractivity contribution >= 4 is 11.9 Å². The molecular formula is C11H13N3O4. The van der Waals surface area contributed by atoms with Gasteiger partial charge in [0.1, 0.15) is 29.3 Å². The molecule has 1 aromatic heterocycles. The maximum atomic E-state index is 10.5. The van der Waals surface area contributed by atoms with Gasteiger partial charge < -0.3 is 14.6 Å². The summed E-state index contributed by atoms with van der Waals surface area (Å²) in [7, 11) is 1.54. The Labute approximate surface area is 104 Å². The summed E-state index contributed by atoms with van der Waals surface area (Å²) in [6, 6.07) is 3.28. The molecule has 96 valence electrons. The molecule has 0 bridgehead atoms. The molecule has 1 unspecified atom stereocenters. The Bertz CT molecular complexity index is 470. The summed E-state index contributed by atoms with van der Waals surface area (Å²) >= 11 is 0. The summed E-state index contributed by atoms with van der Waals surface area (Å²) in [5.74, 6) is 0.363. The monoisotopic (exact) mass is 251 g/mol. The van der Waals surface area contributed by atoms with E-state index in [0.29, 0.717) is 6.61 Å². The van der Waals surface area contributed by atoms with Crippen molar-refractivity contribution in [1.29, 1.82) is 5.26 Å². The number of carbonyl (C=O) groups is 1. The number of ether oxygens (including phenoxy) is 2. The number of hydrogen-bond donors (Lipinski definition) is 2. The predicted octanol–water partition coefficient (Wildman–Crippen LogP) is 1.46. The van der Waals surface area contributed by atoms with Crippen LogP contribution in [-0.4, -0.2) is 36.0 Å². The van der Waals surface area contributed by atoms with Crippen molar-refractivity contribution in [2.75, 3.05) is 19.0 Å². The van der Waals surface area contributed by atoms with Crippen LogP contribution in [0.5, 0.6) is 5.75 Å². The Kier molecular flexibility index (Phi) is 4.90. The first-order chi connectivity index (χ1) is 8.56. The molecule has 2 N–H and O–H groups in total. The van der Waals surface area contributed by atoms with Gasteiger partial charge in [-0.1, -0.05) is 0 Å². The molecule has 0 aromatic carbocycles. The molecule has 7 nitrogen and oxygen atoms in total. The van der Waals surface area contributed by atoms with Gasteiger partial charge in [-0.2, -0.15) is 5.26 Å². The fourth-order valence-corrected chi connectivity index (χ4v) is 1.28. The van der Waals surface area contributed by atoms with Crippen LogP contribution in [0.25, 0.3) is 0 Å². The molecule has 1 atom stereocenters.